The molecule has 1 aromatic rings. The van der Waals surface area contributed by atoms with Gasteiger partial charge in [0.2, 0.25) is 0 Å². The van der Waals surface area contributed by atoms with Gasteiger partial charge >= 0.3 is 5.97 Å². The summed E-state index contributed by atoms with van der Waals surface area (Å²) >= 11 is 0. The van der Waals surface area contributed by atoms with Crippen molar-refractivity contribution in [3.8, 4) is 5.75 Å². The van der Waals surface area contributed by atoms with Crippen LogP contribution in [0.4, 0.5) is 0 Å². The van der Waals surface area contributed by atoms with Crippen LogP contribution in [0, 0.1) is 0 Å². The van der Waals surface area contributed by atoms with E-state index >= 15 is 0 Å². The Balaban J connectivity index is 2.40. The summed E-state index contributed by atoms with van der Waals surface area (Å²) < 4.78 is 9.82. The van der Waals surface area contributed by atoms with Crippen molar-refractivity contribution in [1.29, 1.82) is 0 Å². The summed E-state index contributed by atoms with van der Waals surface area (Å²) in [5.74, 6) is 0.383. The zero-order chi connectivity index (χ0) is 12.0. The summed E-state index contributed by atoms with van der Waals surface area (Å²) in [7, 11) is 1.35. The van der Waals surface area contributed by atoms with E-state index in [-0.39, 0.29) is 12.4 Å². The minimum Gasteiger partial charge on any atom is -0.493 e. The lowest BCUT2D eigenvalue weighted by molar-refractivity contribution is -0.141. The third kappa shape index (κ3) is 3.90. The van der Waals surface area contributed by atoms with Gasteiger partial charge in [0, 0.05) is 0 Å². The quantitative estimate of drug-likeness (QED) is 0.773. The summed E-state index contributed by atoms with van der Waals surface area (Å²) in [5, 5.41) is 9.29. The highest BCUT2D eigenvalue weighted by atomic mass is 16.5. The minimum atomic E-state index is -0.482. The number of aliphatic hydroxyl groups excluding tert-OH is 1. The highest BCUT2D eigenvalue weighted by molar-refractivity contribution is 5.69. The Hall–Kier alpha value is -1.55. The zero-order valence-corrected chi connectivity index (χ0v) is 9.47. The van der Waals surface area contributed by atoms with Crippen LogP contribution < -0.4 is 4.74 Å². The van der Waals surface area contributed by atoms with Crippen LogP contribution in [0.1, 0.15) is 25.0 Å². The summed E-state index contributed by atoms with van der Waals surface area (Å²) in [6.45, 7) is 1.99. The average Bonchev–Trinajstić information content (AvgIpc) is 2.29. The van der Waals surface area contributed by atoms with Crippen LogP contribution in [0.3, 0.4) is 0 Å². The first-order chi connectivity index (χ1) is 7.63. The number of hydrogen-bond donors (Lipinski definition) is 1. The topological polar surface area (TPSA) is 55.8 Å². The van der Waals surface area contributed by atoms with Crippen LogP contribution in [0.5, 0.6) is 5.75 Å². The molecule has 4 heteroatoms. The molecular formula is C12H16O4. The molecule has 0 fully saturated rings. The molecule has 1 atom stereocenters. The fraction of sp³-hybridized carbons (Fsp3) is 0.417. The maximum atomic E-state index is 10.8. The van der Waals surface area contributed by atoms with Gasteiger partial charge in [-0.15, -0.1) is 0 Å². The molecule has 0 unspecified atom stereocenters. The van der Waals surface area contributed by atoms with Crippen molar-refractivity contribution in [3.05, 3.63) is 29.8 Å². The van der Waals surface area contributed by atoms with Crippen LogP contribution in [0.15, 0.2) is 24.3 Å². The van der Waals surface area contributed by atoms with Crippen LogP contribution >= 0.6 is 0 Å². The highest BCUT2D eigenvalue weighted by Crippen LogP contribution is 2.17. The number of carbonyl (C=O) groups is 1. The first kappa shape index (κ1) is 12.5. The molecule has 0 bridgehead atoms. The standard InChI is InChI=1S/C12H16O4/c1-9(13)10-3-5-11(6-4-10)16-8-7-12(14)15-2/h3-6,9,13H,7-8H2,1-2H3/t9-/m1/s1. The first-order valence-electron chi connectivity index (χ1n) is 5.11. The average molecular weight is 224 g/mol. The molecule has 16 heavy (non-hydrogen) atoms. The SMILES string of the molecule is COC(=O)CCOc1ccc([C@@H](C)O)cc1. The maximum absolute atomic E-state index is 10.8. The number of benzene rings is 1. The fourth-order valence-electron chi connectivity index (χ4n) is 1.20. The molecule has 0 aliphatic carbocycles. The van der Waals surface area contributed by atoms with Gasteiger partial charge in [-0.1, -0.05) is 12.1 Å². The number of hydrogen-bond acceptors (Lipinski definition) is 4. The molecule has 0 aromatic heterocycles. The second-order valence-electron chi connectivity index (χ2n) is 3.42. The van der Waals surface area contributed by atoms with Gasteiger partial charge in [0.1, 0.15) is 5.75 Å². The van der Waals surface area contributed by atoms with Crippen molar-refractivity contribution < 1.29 is 19.4 Å². The Bertz CT molecular complexity index is 329. The Morgan fingerprint density at radius 3 is 2.50 bits per heavy atom. The maximum Gasteiger partial charge on any atom is 0.308 e. The molecule has 1 N–H and O–H groups in total. The van der Waals surface area contributed by atoms with Crippen molar-refractivity contribution in [2.24, 2.45) is 0 Å². The van der Waals surface area contributed by atoms with Crippen LogP contribution in [0.2, 0.25) is 0 Å². The predicted octanol–water partition coefficient (Wildman–Crippen LogP) is 1.68. The van der Waals surface area contributed by atoms with E-state index in [1.54, 1.807) is 31.2 Å². The van der Waals surface area contributed by atoms with Crippen LogP contribution in [-0.4, -0.2) is 24.8 Å². The Kier molecular flexibility index (Phi) is 4.79. The lowest BCUT2D eigenvalue weighted by atomic mass is 10.1. The third-order valence-electron chi connectivity index (χ3n) is 2.17. The van der Waals surface area contributed by atoms with Gasteiger partial charge in [0.05, 0.1) is 26.2 Å². The normalized spacial score (nSPS) is 11.9. The number of rotatable bonds is 5. The van der Waals surface area contributed by atoms with Gasteiger partial charge < -0.3 is 14.6 Å². The molecule has 0 saturated heterocycles. The summed E-state index contributed by atoms with van der Waals surface area (Å²) in [5.41, 5.74) is 0.834. The largest absolute Gasteiger partial charge is 0.493 e. The molecule has 0 radical (unpaired) electrons. The minimum absolute atomic E-state index is 0.231. The van der Waals surface area contributed by atoms with Crippen molar-refractivity contribution in [2.45, 2.75) is 19.4 Å². The van der Waals surface area contributed by atoms with Crippen molar-refractivity contribution in [1.82, 2.24) is 0 Å². The molecule has 0 aliphatic heterocycles. The summed E-state index contributed by atoms with van der Waals surface area (Å²) in [6.07, 6.45) is -0.251. The monoisotopic (exact) mass is 224 g/mol. The summed E-state index contributed by atoms with van der Waals surface area (Å²) in [4.78, 5) is 10.8. The van der Waals surface area contributed by atoms with E-state index in [1.807, 2.05) is 0 Å². The second kappa shape index (κ2) is 6.12. The summed E-state index contributed by atoms with van der Waals surface area (Å²) in [6, 6.07) is 7.11. The lowest BCUT2D eigenvalue weighted by Gasteiger charge is -2.07. The van der Waals surface area contributed by atoms with Gasteiger partial charge in [0.25, 0.3) is 0 Å². The van der Waals surface area contributed by atoms with Crippen molar-refractivity contribution >= 4 is 5.97 Å². The molecule has 0 spiro atoms. The van der Waals surface area contributed by atoms with Gasteiger partial charge in [-0.2, -0.15) is 0 Å². The van der Waals surface area contributed by atoms with Gasteiger partial charge in [-0.3, -0.25) is 4.79 Å². The Morgan fingerprint density at radius 2 is 2.00 bits per heavy atom. The molecule has 0 saturated carbocycles. The van der Waals surface area contributed by atoms with Crippen LogP contribution in [0.25, 0.3) is 0 Å². The van der Waals surface area contributed by atoms with E-state index in [4.69, 9.17) is 4.74 Å². The number of methoxy groups -OCH3 is 1. The van der Waals surface area contributed by atoms with Crippen LogP contribution in [-0.2, 0) is 9.53 Å². The Morgan fingerprint density at radius 1 is 1.38 bits per heavy atom. The van der Waals surface area contributed by atoms with E-state index in [0.29, 0.717) is 12.4 Å². The first-order valence-corrected chi connectivity index (χ1v) is 5.11. The van der Waals surface area contributed by atoms with Gasteiger partial charge in [-0.25, -0.2) is 0 Å². The van der Waals surface area contributed by atoms with Crippen molar-refractivity contribution in [2.75, 3.05) is 13.7 Å². The van der Waals surface area contributed by atoms with Gasteiger partial charge in [0.15, 0.2) is 0 Å². The second-order valence-corrected chi connectivity index (χ2v) is 3.42. The van der Waals surface area contributed by atoms with E-state index in [2.05, 4.69) is 4.74 Å². The highest BCUT2D eigenvalue weighted by Gasteiger charge is 2.02. The fourth-order valence-corrected chi connectivity index (χ4v) is 1.20. The molecule has 88 valence electrons. The molecule has 1 aromatic carbocycles. The molecule has 4 nitrogen and oxygen atoms in total. The third-order valence-corrected chi connectivity index (χ3v) is 2.17. The molecule has 1 rings (SSSR count). The number of ether oxygens (including phenoxy) is 2. The van der Waals surface area contributed by atoms with Crippen molar-refractivity contribution in [3.63, 3.8) is 0 Å². The molecule has 0 heterocycles. The number of esters is 1. The lowest BCUT2D eigenvalue weighted by Crippen LogP contribution is -2.07. The number of aliphatic hydroxyl groups is 1. The molecule has 0 aliphatic rings. The zero-order valence-electron chi connectivity index (χ0n) is 9.47. The van der Waals surface area contributed by atoms with Gasteiger partial charge in [-0.05, 0) is 24.6 Å². The predicted molar refractivity (Wildman–Crippen MR) is 59.2 cm³/mol. The smallest absolute Gasteiger partial charge is 0.308 e. The van der Waals surface area contributed by atoms with E-state index in [0.717, 1.165) is 5.56 Å². The molecule has 0 amide bonds. The number of carbonyl (C=O) groups excluding carboxylic acids is 1. The van der Waals surface area contributed by atoms with E-state index in [9.17, 15) is 9.90 Å². The molecular weight excluding hydrogens is 208 g/mol. The van der Waals surface area contributed by atoms with E-state index in [1.165, 1.54) is 7.11 Å². The van der Waals surface area contributed by atoms with E-state index < -0.39 is 6.10 Å². The Labute approximate surface area is 94.8 Å².